The van der Waals surface area contributed by atoms with Gasteiger partial charge in [0.1, 0.15) is 11.9 Å². The van der Waals surface area contributed by atoms with Crippen LogP contribution in [0.15, 0.2) is 30.3 Å². The van der Waals surface area contributed by atoms with E-state index in [0.29, 0.717) is 6.04 Å². The molecule has 0 spiro atoms. The SMILES string of the molecule is CCC1NNC(C(=O)NC2CCN(Cc3cc(-c4ccc(F)cc4)nn3C)CC2)C1C. The number of carbonyl (C=O) groups is 1. The lowest BCUT2D eigenvalue weighted by Gasteiger charge is -2.33. The maximum absolute atomic E-state index is 13.2. The van der Waals surface area contributed by atoms with Gasteiger partial charge >= 0.3 is 0 Å². The standard InChI is InChI=1S/C23H33FN6O/c1-4-20-15(2)22(27-26-20)23(31)25-18-9-11-30(12-10-18)14-19-13-21(28-29(19)3)16-5-7-17(24)8-6-16/h5-8,13,15,18,20,22,26-27H,4,9-12,14H2,1-3H3,(H,25,31). The number of hydrogen-bond donors (Lipinski definition) is 3. The molecule has 2 fully saturated rings. The minimum absolute atomic E-state index is 0.102. The van der Waals surface area contributed by atoms with Gasteiger partial charge in [-0.2, -0.15) is 5.10 Å². The van der Waals surface area contributed by atoms with E-state index in [-0.39, 0.29) is 29.7 Å². The minimum Gasteiger partial charge on any atom is -0.352 e. The van der Waals surface area contributed by atoms with Crippen molar-refractivity contribution < 1.29 is 9.18 Å². The van der Waals surface area contributed by atoms with Crippen LogP contribution in [0.3, 0.4) is 0 Å². The first-order valence-corrected chi connectivity index (χ1v) is 11.3. The maximum atomic E-state index is 13.2. The quantitative estimate of drug-likeness (QED) is 0.658. The van der Waals surface area contributed by atoms with Crippen LogP contribution >= 0.6 is 0 Å². The van der Waals surface area contributed by atoms with Gasteiger partial charge in [-0.05, 0) is 55.5 Å². The van der Waals surface area contributed by atoms with Gasteiger partial charge in [-0.25, -0.2) is 9.82 Å². The largest absolute Gasteiger partial charge is 0.352 e. The van der Waals surface area contributed by atoms with Crippen LogP contribution in [0, 0.1) is 11.7 Å². The molecule has 8 heteroatoms. The second kappa shape index (κ2) is 9.46. The predicted octanol–water partition coefficient (Wildman–Crippen LogP) is 2.20. The fourth-order valence-electron chi connectivity index (χ4n) is 4.64. The van der Waals surface area contributed by atoms with Gasteiger partial charge < -0.3 is 5.32 Å². The normalized spacial score (nSPS) is 25.1. The molecule has 31 heavy (non-hydrogen) atoms. The van der Waals surface area contributed by atoms with Gasteiger partial charge in [0, 0.05) is 44.3 Å². The zero-order valence-electron chi connectivity index (χ0n) is 18.6. The molecule has 0 bridgehead atoms. The number of piperidine rings is 1. The molecule has 3 atom stereocenters. The number of hydrazine groups is 1. The molecule has 2 saturated heterocycles. The fourth-order valence-corrected chi connectivity index (χ4v) is 4.64. The lowest BCUT2D eigenvalue weighted by molar-refractivity contribution is -0.124. The van der Waals surface area contributed by atoms with Crippen LogP contribution < -0.4 is 16.2 Å². The van der Waals surface area contributed by atoms with E-state index in [1.165, 1.54) is 12.1 Å². The zero-order valence-corrected chi connectivity index (χ0v) is 18.6. The molecule has 4 rings (SSSR count). The van der Waals surface area contributed by atoms with Crippen LogP contribution in [0.1, 0.15) is 38.8 Å². The third-order valence-corrected chi connectivity index (χ3v) is 6.74. The van der Waals surface area contributed by atoms with Crippen LogP contribution in [0.2, 0.25) is 0 Å². The number of nitrogens with zero attached hydrogens (tertiary/aromatic N) is 3. The van der Waals surface area contributed by atoms with Crippen molar-refractivity contribution >= 4 is 5.91 Å². The second-order valence-electron chi connectivity index (χ2n) is 8.85. The number of rotatable bonds is 6. The number of aromatic nitrogens is 2. The molecule has 3 N–H and O–H groups in total. The molecule has 1 aromatic carbocycles. The van der Waals surface area contributed by atoms with Gasteiger partial charge in [-0.15, -0.1) is 0 Å². The number of likely N-dealkylation sites (tertiary alicyclic amines) is 1. The maximum Gasteiger partial charge on any atom is 0.239 e. The Hall–Kier alpha value is -2.29. The lowest BCUT2D eigenvalue weighted by Crippen LogP contribution is -2.51. The Labute approximate surface area is 183 Å². The molecule has 3 heterocycles. The smallest absolute Gasteiger partial charge is 0.239 e. The highest BCUT2D eigenvalue weighted by molar-refractivity contribution is 5.82. The summed E-state index contributed by atoms with van der Waals surface area (Å²) in [7, 11) is 1.95. The first-order chi connectivity index (χ1) is 14.9. The number of amides is 1. The van der Waals surface area contributed by atoms with Crippen LogP contribution in [0.4, 0.5) is 4.39 Å². The van der Waals surface area contributed by atoms with Crippen molar-refractivity contribution in [2.24, 2.45) is 13.0 Å². The average Bonchev–Trinajstić information content (AvgIpc) is 3.32. The number of halogens is 1. The Morgan fingerprint density at radius 2 is 1.94 bits per heavy atom. The predicted molar refractivity (Wildman–Crippen MR) is 118 cm³/mol. The van der Waals surface area contributed by atoms with Gasteiger partial charge in [0.2, 0.25) is 5.91 Å². The van der Waals surface area contributed by atoms with Gasteiger partial charge in [0.25, 0.3) is 0 Å². The van der Waals surface area contributed by atoms with Gasteiger partial charge in [0.15, 0.2) is 0 Å². The molecule has 0 saturated carbocycles. The Kier molecular flexibility index (Phi) is 6.69. The molecule has 2 aliphatic heterocycles. The molecular weight excluding hydrogens is 395 g/mol. The summed E-state index contributed by atoms with van der Waals surface area (Å²) in [5.74, 6) is 0.143. The highest BCUT2D eigenvalue weighted by Crippen LogP contribution is 2.22. The van der Waals surface area contributed by atoms with Crippen molar-refractivity contribution in [3.63, 3.8) is 0 Å². The van der Waals surface area contributed by atoms with Crippen LogP contribution in [0.25, 0.3) is 11.3 Å². The number of carbonyl (C=O) groups excluding carboxylic acids is 1. The Balaban J connectivity index is 1.28. The van der Waals surface area contributed by atoms with E-state index in [9.17, 15) is 9.18 Å². The summed E-state index contributed by atoms with van der Waals surface area (Å²) in [6, 6.07) is 8.91. The van der Waals surface area contributed by atoms with E-state index in [2.05, 4.69) is 46.1 Å². The first kappa shape index (κ1) is 21.9. The Bertz CT molecular complexity index is 890. The van der Waals surface area contributed by atoms with Crippen LogP contribution in [-0.4, -0.2) is 51.8 Å². The van der Waals surface area contributed by atoms with Crippen molar-refractivity contribution in [3.05, 3.63) is 41.8 Å². The third-order valence-electron chi connectivity index (χ3n) is 6.74. The highest BCUT2D eigenvalue weighted by Gasteiger charge is 2.36. The van der Waals surface area contributed by atoms with E-state index in [0.717, 1.165) is 55.8 Å². The van der Waals surface area contributed by atoms with Crippen LogP contribution in [0.5, 0.6) is 0 Å². The monoisotopic (exact) mass is 428 g/mol. The zero-order chi connectivity index (χ0) is 22.0. The van der Waals surface area contributed by atoms with Gasteiger partial charge in [0.05, 0.1) is 11.4 Å². The van der Waals surface area contributed by atoms with E-state index < -0.39 is 0 Å². The van der Waals surface area contributed by atoms with Crippen molar-refractivity contribution in [1.29, 1.82) is 0 Å². The number of hydrogen-bond acceptors (Lipinski definition) is 5. The Morgan fingerprint density at radius 1 is 1.23 bits per heavy atom. The average molecular weight is 429 g/mol. The summed E-state index contributed by atoms with van der Waals surface area (Å²) in [5, 5.41) is 7.84. The van der Waals surface area contributed by atoms with Gasteiger partial charge in [-0.3, -0.25) is 19.8 Å². The molecule has 1 amide bonds. The van der Waals surface area contributed by atoms with E-state index in [4.69, 9.17) is 0 Å². The summed E-state index contributed by atoms with van der Waals surface area (Å²) in [4.78, 5) is 15.1. The topological polar surface area (TPSA) is 74.2 Å². The van der Waals surface area contributed by atoms with E-state index in [1.807, 2.05) is 11.7 Å². The van der Waals surface area contributed by atoms with Gasteiger partial charge in [-0.1, -0.05) is 13.8 Å². The summed E-state index contributed by atoms with van der Waals surface area (Å²) in [5.41, 5.74) is 9.30. The summed E-state index contributed by atoms with van der Waals surface area (Å²) >= 11 is 0. The third kappa shape index (κ3) is 4.97. The summed E-state index contributed by atoms with van der Waals surface area (Å²) in [6.07, 6.45) is 2.90. The molecule has 2 aliphatic rings. The summed E-state index contributed by atoms with van der Waals surface area (Å²) in [6.45, 7) is 6.95. The Morgan fingerprint density at radius 3 is 2.58 bits per heavy atom. The number of benzene rings is 1. The molecule has 3 unspecified atom stereocenters. The van der Waals surface area contributed by atoms with Crippen LogP contribution in [-0.2, 0) is 18.4 Å². The molecular formula is C23H33FN6O. The van der Waals surface area contributed by atoms with Crippen molar-refractivity contribution in [2.45, 2.75) is 57.8 Å². The van der Waals surface area contributed by atoms with E-state index in [1.54, 1.807) is 12.1 Å². The van der Waals surface area contributed by atoms with Crippen molar-refractivity contribution in [3.8, 4) is 11.3 Å². The second-order valence-corrected chi connectivity index (χ2v) is 8.85. The first-order valence-electron chi connectivity index (χ1n) is 11.3. The molecule has 7 nitrogen and oxygen atoms in total. The minimum atomic E-state index is -0.241. The summed E-state index contributed by atoms with van der Waals surface area (Å²) < 4.78 is 15.1. The number of nitrogens with one attached hydrogen (secondary N) is 3. The number of aryl methyl sites for hydroxylation is 1. The van der Waals surface area contributed by atoms with E-state index >= 15 is 0 Å². The fraction of sp³-hybridized carbons (Fsp3) is 0.565. The highest BCUT2D eigenvalue weighted by atomic mass is 19.1. The lowest BCUT2D eigenvalue weighted by atomic mass is 9.94. The molecule has 0 radical (unpaired) electrons. The molecule has 168 valence electrons. The molecule has 2 aromatic rings. The van der Waals surface area contributed by atoms with Crippen molar-refractivity contribution in [2.75, 3.05) is 13.1 Å². The molecule has 0 aliphatic carbocycles. The van der Waals surface area contributed by atoms with Crippen molar-refractivity contribution in [1.82, 2.24) is 30.8 Å². The molecule has 1 aromatic heterocycles.